The molecule has 1 aromatic carbocycles. The van der Waals surface area contributed by atoms with E-state index in [1.54, 1.807) is 0 Å². The van der Waals surface area contributed by atoms with Gasteiger partial charge in [-0.3, -0.25) is 5.41 Å². The first-order valence-corrected chi connectivity index (χ1v) is 7.11. The molecule has 0 heterocycles. The van der Waals surface area contributed by atoms with Gasteiger partial charge in [0.05, 0.1) is 10.4 Å². The molecule has 0 saturated heterocycles. The number of hydrogen-bond donors (Lipinski definition) is 3. The van der Waals surface area contributed by atoms with Crippen LogP contribution in [0, 0.1) is 25.1 Å². The number of aryl methyl sites for hydroxylation is 2. The van der Waals surface area contributed by atoms with Crippen molar-refractivity contribution in [3.63, 3.8) is 0 Å². The Morgan fingerprint density at radius 3 is 2.11 bits per heavy atom. The molecule has 0 aliphatic heterocycles. The predicted octanol–water partition coefficient (Wildman–Crippen LogP) is 1.44. The van der Waals surface area contributed by atoms with Crippen molar-refractivity contribution >= 4 is 15.9 Å². The first-order chi connectivity index (χ1) is 8.47. The molecule has 0 spiro atoms. The van der Waals surface area contributed by atoms with E-state index in [0.29, 0.717) is 11.1 Å². The Kier molecular flexibility index (Phi) is 4.02. The van der Waals surface area contributed by atoms with E-state index in [-0.39, 0.29) is 10.7 Å². The monoisotopic (exact) mass is 287 g/mol. The van der Waals surface area contributed by atoms with Gasteiger partial charge in [0.2, 0.25) is 10.0 Å². The van der Waals surface area contributed by atoms with Crippen LogP contribution in [-0.2, 0) is 10.0 Å². The molecule has 0 aliphatic rings. The van der Waals surface area contributed by atoms with Crippen molar-refractivity contribution in [2.24, 2.45) is 5.73 Å². The lowest BCUT2D eigenvalue weighted by Crippen LogP contribution is -2.52. The summed E-state index contributed by atoms with van der Waals surface area (Å²) in [6.45, 7) is 6.01. The van der Waals surface area contributed by atoms with E-state index >= 15 is 0 Å². The molecule has 0 aliphatic carbocycles. The van der Waals surface area contributed by atoms with Crippen molar-refractivity contribution in [2.75, 3.05) is 0 Å². The molecule has 5 nitrogen and oxygen atoms in total. The molecule has 0 atom stereocenters. The molecule has 0 bridgehead atoms. The van der Waals surface area contributed by atoms with E-state index in [4.69, 9.17) is 11.1 Å². The molecular formula is C12H18FN3O2S. The summed E-state index contributed by atoms with van der Waals surface area (Å²) in [5, 5.41) is 7.37. The maximum absolute atomic E-state index is 13.2. The Balaban J connectivity index is 3.34. The number of nitrogens with one attached hydrogen (secondary N) is 2. The lowest BCUT2D eigenvalue weighted by atomic mass is 10.1. The summed E-state index contributed by atoms with van der Waals surface area (Å²) in [6.07, 6.45) is 0. The number of amidine groups is 1. The molecular weight excluding hydrogens is 269 g/mol. The summed E-state index contributed by atoms with van der Waals surface area (Å²) in [5.74, 6) is -0.784. The number of hydrogen-bond acceptors (Lipinski definition) is 3. The van der Waals surface area contributed by atoms with E-state index in [0.717, 1.165) is 12.1 Å². The molecule has 0 radical (unpaired) electrons. The summed E-state index contributed by atoms with van der Waals surface area (Å²) in [5.41, 5.74) is 4.77. The van der Waals surface area contributed by atoms with Gasteiger partial charge in [-0.05, 0) is 51.0 Å². The lowest BCUT2D eigenvalue weighted by molar-refractivity contribution is 0.540. The highest BCUT2D eigenvalue weighted by atomic mass is 32.2. The maximum atomic E-state index is 13.2. The highest BCUT2D eigenvalue weighted by Gasteiger charge is 2.30. The molecule has 0 saturated carbocycles. The fourth-order valence-corrected chi connectivity index (χ4v) is 3.61. The van der Waals surface area contributed by atoms with Gasteiger partial charge >= 0.3 is 0 Å². The summed E-state index contributed by atoms with van der Waals surface area (Å²) >= 11 is 0. The molecule has 19 heavy (non-hydrogen) atoms. The van der Waals surface area contributed by atoms with Gasteiger partial charge in [-0.1, -0.05) is 0 Å². The molecule has 0 fully saturated rings. The minimum atomic E-state index is -3.88. The Bertz CT molecular complexity index is 601. The van der Waals surface area contributed by atoms with E-state index in [1.165, 1.54) is 27.7 Å². The standard InChI is InChI=1S/C12H18FN3O2S/c1-7-5-9(13)6-8(2)10(7)19(17,18)16-12(3,4)11(14)15/h5-6,16H,1-4H3,(H3,14,15). The molecule has 7 heteroatoms. The van der Waals surface area contributed by atoms with Crippen LogP contribution in [0.5, 0.6) is 0 Å². The smallest absolute Gasteiger partial charge is 0.241 e. The van der Waals surface area contributed by atoms with E-state index in [2.05, 4.69) is 4.72 Å². The van der Waals surface area contributed by atoms with Crippen LogP contribution in [0.2, 0.25) is 0 Å². The summed E-state index contributed by atoms with van der Waals surface area (Å²) in [4.78, 5) is 0.0169. The van der Waals surface area contributed by atoms with E-state index in [9.17, 15) is 12.8 Å². The largest absolute Gasteiger partial charge is 0.386 e. The van der Waals surface area contributed by atoms with Crippen LogP contribution < -0.4 is 10.5 Å². The zero-order valence-electron chi connectivity index (χ0n) is 11.3. The van der Waals surface area contributed by atoms with Gasteiger partial charge in [0, 0.05) is 0 Å². The van der Waals surface area contributed by atoms with Gasteiger partial charge in [-0.2, -0.15) is 4.72 Å². The second-order valence-corrected chi connectivity index (χ2v) is 6.63. The van der Waals surface area contributed by atoms with Crippen LogP contribution >= 0.6 is 0 Å². The van der Waals surface area contributed by atoms with Crippen LogP contribution in [0.15, 0.2) is 17.0 Å². The van der Waals surface area contributed by atoms with E-state index in [1.807, 2.05) is 0 Å². The molecule has 0 unspecified atom stereocenters. The highest BCUT2D eigenvalue weighted by Crippen LogP contribution is 2.22. The van der Waals surface area contributed by atoms with Crippen molar-refractivity contribution in [1.29, 1.82) is 5.41 Å². The Morgan fingerprint density at radius 1 is 1.32 bits per heavy atom. The van der Waals surface area contributed by atoms with Gasteiger partial charge in [0.25, 0.3) is 0 Å². The third-order valence-corrected chi connectivity index (χ3v) is 4.72. The number of sulfonamides is 1. The fraction of sp³-hybridized carbons (Fsp3) is 0.417. The molecule has 4 N–H and O–H groups in total. The van der Waals surface area contributed by atoms with Gasteiger partial charge < -0.3 is 5.73 Å². The van der Waals surface area contributed by atoms with Crippen molar-refractivity contribution in [3.05, 3.63) is 29.1 Å². The van der Waals surface area contributed by atoms with Gasteiger partial charge in [-0.15, -0.1) is 0 Å². The maximum Gasteiger partial charge on any atom is 0.241 e. The molecule has 1 rings (SSSR count). The predicted molar refractivity (Wildman–Crippen MR) is 72.2 cm³/mol. The number of rotatable bonds is 4. The zero-order chi connectivity index (χ0) is 15.0. The Morgan fingerprint density at radius 2 is 1.74 bits per heavy atom. The molecule has 0 amide bonds. The zero-order valence-corrected chi connectivity index (χ0v) is 12.2. The van der Waals surface area contributed by atoms with Crippen LogP contribution in [0.3, 0.4) is 0 Å². The van der Waals surface area contributed by atoms with Gasteiger partial charge in [0.15, 0.2) is 0 Å². The van der Waals surface area contributed by atoms with E-state index < -0.39 is 21.4 Å². The minimum absolute atomic E-state index is 0.0169. The van der Waals surface area contributed by atoms with Crippen LogP contribution in [0.1, 0.15) is 25.0 Å². The van der Waals surface area contributed by atoms with Crippen molar-refractivity contribution in [1.82, 2.24) is 4.72 Å². The number of halogens is 1. The third-order valence-electron chi connectivity index (χ3n) is 2.76. The van der Waals surface area contributed by atoms with Crippen molar-refractivity contribution in [2.45, 2.75) is 38.1 Å². The second-order valence-electron chi connectivity index (χ2n) is 5.01. The average molecular weight is 287 g/mol. The summed E-state index contributed by atoms with van der Waals surface area (Å²) in [6, 6.07) is 2.31. The molecule has 106 valence electrons. The first-order valence-electron chi connectivity index (χ1n) is 5.62. The van der Waals surface area contributed by atoms with Gasteiger partial charge in [-0.25, -0.2) is 12.8 Å². The quantitative estimate of drug-likeness (QED) is 0.577. The Hall–Kier alpha value is -1.47. The van der Waals surface area contributed by atoms with Gasteiger partial charge in [0.1, 0.15) is 11.7 Å². The molecule has 1 aromatic rings. The average Bonchev–Trinajstić information content (AvgIpc) is 2.12. The van der Waals surface area contributed by atoms with Crippen LogP contribution in [0.4, 0.5) is 4.39 Å². The first kappa shape index (κ1) is 15.6. The summed E-state index contributed by atoms with van der Waals surface area (Å²) in [7, 11) is -3.88. The minimum Gasteiger partial charge on any atom is -0.386 e. The normalized spacial score (nSPS) is 12.5. The second kappa shape index (κ2) is 4.90. The molecule has 0 aromatic heterocycles. The summed E-state index contributed by atoms with van der Waals surface area (Å²) < 4.78 is 40.2. The van der Waals surface area contributed by atoms with Crippen LogP contribution in [0.25, 0.3) is 0 Å². The number of benzene rings is 1. The van der Waals surface area contributed by atoms with Crippen molar-refractivity contribution < 1.29 is 12.8 Å². The highest BCUT2D eigenvalue weighted by molar-refractivity contribution is 7.89. The Labute approximate surface area is 112 Å². The SMILES string of the molecule is Cc1cc(F)cc(C)c1S(=O)(=O)NC(C)(C)C(=N)N. The fourth-order valence-electron chi connectivity index (χ4n) is 1.76. The van der Waals surface area contributed by atoms with Crippen LogP contribution in [-0.4, -0.2) is 19.8 Å². The van der Waals surface area contributed by atoms with Crippen molar-refractivity contribution in [3.8, 4) is 0 Å². The number of nitrogens with two attached hydrogens (primary N) is 1. The third kappa shape index (κ3) is 3.30. The topological polar surface area (TPSA) is 96.0 Å². The lowest BCUT2D eigenvalue weighted by Gasteiger charge is -2.25.